The van der Waals surface area contributed by atoms with Gasteiger partial charge in [-0.25, -0.2) is 4.98 Å². The van der Waals surface area contributed by atoms with Gasteiger partial charge in [-0.3, -0.25) is 9.59 Å². The molecule has 1 heterocycles. The van der Waals surface area contributed by atoms with E-state index in [1.165, 1.54) is 11.6 Å². The standard InChI is InChI=1S/C26H35N3O3/c1-16-6-5-7-22-25(16,3)10-8-17(2)26(22,4)13-19-23(31)20(12-21(30)24(19)32)28-11-9-18-14-27-15-29-18/h6,12,14-15,17,22,28,31H,5,7-11,13H2,1-4H3,(H,27,29)/t17-,22+,25+,26+/m0/s1. The average Bonchev–Trinajstić information content (AvgIpc) is 3.27. The molecule has 4 rings (SSSR count). The minimum Gasteiger partial charge on any atom is -0.505 e. The summed E-state index contributed by atoms with van der Waals surface area (Å²) >= 11 is 0. The summed E-state index contributed by atoms with van der Waals surface area (Å²) in [5.74, 6) is -0.378. The number of aliphatic hydroxyl groups excluding tert-OH is 1. The van der Waals surface area contributed by atoms with Crippen LogP contribution in [0.2, 0.25) is 0 Å². The van der Waals surface area contributed by atoms with Crippen molar-refractivity contribution in [3.05, 3.63) is 53.0 Å². The third-order valence-corrected chi connectivity index (χ3v) is 8.73. The zero-order valence-corrected chi connectivity index (χ0v) is 19.6. The number of hydrogen-bond donors (Lipinski definition) is 3. The van der Waals surface area contributed by atoms with Gasteiger partial charge in [-0.2, -0.15) is 0 Å². The Bertz CT molecular complexity index is 1000. The fourth-order valence-electron chi connectivity index (χ4n) is 6.33. The van der Waals surface area contributed by atoms with E-state index in [2.05, 4.69) is 49.1 Å². The SMILES string of the molecule is CC1=CCC[C@H]2[C@](C)(CC3=C(O)C(NCCc4cnc[nH]4)=CC(=O)C3=O)[C@@H](C)CC[C@]12C. The van der Waals surface area contributed by atoms with Crippen LogP contribution in [0, 0.1) is 22.7 Å². The van der Waals surface area contributed by atoms with Crippen LogP contribution < -0.4 is 5.32 Å². The number of nitrogens with zero attached hydrogens (tertiary/aromatic N) is 1. The summed E-state index contributed by atoms with van der Waals surface area (Å²) in [6.45, 7) is 9.64. The molecule has 1 aromatic rings. The Hall–Kier alpha value is -2.63. The Morgan fingerprint density at radius 3 is 2.78 bits per heavy atom. The number of hydrogen-bond acceptors (Lipinski definition) is 5. The number of aromatic nitrogens is 2. The summed E-state index contributed by atoms with van der Waals surface area (Å²) in [5.41, 5.74) is 2.96. The van der Waals surface area contributed by atoms with E-state index in [1.807, 2.05) is 0 Å². The molecule has 3 aliphatic rings. The van der Waals surface area contributed by atoms with Crippen LogP contribution >= 0.6 is 0 Å². The van der Waals surface area contributed by atoms with Gasteiger partial charge in [0.1, 0.15) is 5.76 Å². The first kappa shape index (κ1) is 22.6. The van der Waals surface area contributed by atoms with Gasteiger partial charge in [-0.1, -0.05) is 32.4 Å². The molecule has 4 atom stereocenters. The van der Waals surface area contributed by atoms with Crippen molar-refractivity contribution in [3.8, 4) is 0 Å². The van der Waals surface area contributed by atoms with E-state index in [0.29, 0.717) is 36.9 Å². The van der Waals surface area contributed by atoms with Gasteiger partial charge in [0.2, 0.25) is 11.6 Å². The number of imidazole rings is 1. The highest BCUT2D eigenvalue weighted by atomic mass is 16.3. The maximum absolute atomic E-state index is 12.9. The number of fused-ring (bicyclic) bond motifs is 1. The quantitative estimate of drug-likeness (QED) is 0.344. The first-order valence-electron chi connectivity index (χ1n) is 11.8. The number of aromatic amines is 1. The van der Waals surface area contributed by atoms with Crippen molar-refractivity contribution >= 4 is 11.6 Å². The fraction of sp³-hybridized carbons (Fsp3) is 0.577. The van der Waals surface area contributed by atoms with Crippen molar-refractivity contribution in [2.75, 3.05) is 6.54 Å². The predicted molar refractivity (Wildman–Crippen MR) is 124 cm³/mol. The summed E-state index contributed by atoms with van der Waals surface area (Å²) in [4.78, 5) is 32.5. The summed E-state index contributed by atoms with van der Waals surface area (Å²) in [6.07, 6.45) is 12.4. The average molecular weight is 438 g/mol. The molecule has 32 heavy (non-hydrogen) atoms. The van der Waals surface area contributed by atoms with Crippen LogP contribution in [0.5, 0.6) is 0 Å². The molecule has 1 fully saturated rings. The van der Waals surface area contributed by atoms with Crippen LogP contribution in [0.3, 0.4) is 0 Å². The molecule has 172 valence electrons. The monoisotopic (exact) mass is 437 g/mol. The highest BCUT2D eigenvalue weighted by molar-refractivity contribution is 6.48. The van der Waals surface area contributed by atoms with Crippen LogP contribution in [0.15, 0.2) is 47.3 Å². The smallest absolute Gasteiger partial charge is 0.232 e. The van der Waals surface area contributed by atoms with Crippen molar-refractivity contribution in [2.24, 2.45) is 22.7 Å². The third kappa shape index (κ3) is 3.74. The minimum atomic E-state index is -0.564. The normalized spacial score (nSPS) is 33.0. The van der Waals surface area contributed by atoms with Crippen molar-refractivity contribution in [3.63, 3.8) is 0 Å². The number of nitrogens with one attached hydrogen (secondary N) is 2. The Morgan fingerprint density at radius 2 is 2.06 bits per heavy atom. The van der Waals surface area contributed by atoms with Crippen LogP contribution in [0.4, 0.5) is 0 Å². The number of aliphatic hydroxyl groups is 1. The van der Waals surface area contributed by atoms with E-state index in [4.69, 9.17) is 0 Å². The lowest BCUT2D eigenvalue weighted by Crippen LogP contribution is -2.50. The number of carbonyl (C=O) groups excluding carboxylic acids is 2. The molecular weight excluding hydrogens is 402 g/mol. The van der Waals surface area contributed by atoms with E-state index in [0.717, 1.165) is 31.4 Å². The molecular formula is C26H35N3O3. The fourth-order valence-corrected chi connectivity index (χ4v) is 6.33. The molecule has 0 saturated heterocycles. The van der Waals surface area contributed by atoms with E-state index >= 15 is 0 Å². The third-order valence-electron chi connectivity index (χ3n) is 8.73. The van der Waals surface area contributed by atoms with Gasteiger partial charge in [0, 0.05) is 36.5 Å². The van der Waals surface area contributed by atoms with Gasteiger partial charge in [0.15, 0.2) is 0 Å². The number of carbonyl (C=O) groups is 2. The van der Waals surface area contributed by atoms with E-state index in [1.54, 1.807) is 12.5 Å². The minimum absolute atomic E-state index is 0.0667. The Balaban J connectivity index is 1.60. The topological polar surface area (TPSA) is 95.1 Å². The highest BCUT2D eigenvalue weighted by Crippen LogP contribution is 2.62. The van der Waals surface area contributed by atoms with Crippen LogP contribution in [-0.4, -0.2) is 33.2 Å². The van der Waals surface area contributed by atoms with Gasteiger partial charge in [-0.15, -0.1) is 0 Å². The van der Waals surface area contributed by atoms with Crippen LogP contribution in [0.25, 0.3) is 0 Å². The Labute approximate surface area is 190 Å². The first-order chi connectivity index (χ1) is 15.2. The lowest BCUT2D eigenvalue weighted by Gasteiger charge is -2.58. The molecule has 0 unspecified atom stereocenters. The van der Waals surface area contributed by atoms with Crippen molar-refractivity contribution in [2.45, 2.75) is 66.2 Å². The van der Waals surface area contributed by atoms with E-state index < -0.39 is 11.6 Å². The molecule has 0 amide bonds. The first-order valence-corrected chi connectivity index (χ1v) is 11.8. The number of allylic oxidation sites excluding steroid dienone is 4. The lowest BCUT2D eigenvalue weighted by atomic mass is 9.46. The molecule has 0 aliphatic heterocycles. The van der Waals surface area contributed by atoms with Gasteiger partial charge in [0.05, 0.1) is 12.0 Å². The van der Waals surface area contributed by atoms with Gasteiger partial charge in [-0.05, 0) is 61.7 Å². The maximum atomic E-state index is 12.9. The summed E-state index contributed by atoms with van der Waals surface area (Å²) < 4.78 is 0. The number of ketones is 2. The molecule has 0 aromatic carbocycles. The largest absolute Gasteiger partial charge is 0.505 e. The molecule has 6 heteroatoms. The van der Waals surface area contributed by atoms with Gasteiger partial charge < -0.3 is 15.4 Å². The highest BCUT2D eigenvalue weighted by Gasteiger charge is 2.54. The van der Waals surface area contributed by atoms with E-state index in [9.17, 15) is 14.7 Å². The summed E-state index contributed by atoms with van der Waals surface area (Å²) in [7, 11) is 0. The number of H-pyrrole nitrogens is 1. The van der Waals surface area contributed by atoms with Crippen LogP contribution in [-0.2, 0) is 16.0 Å². The molecule has 3 aliphatic carbocycles. The second-order valence-corrected chi connectivity index (χ2v) is 10.4. The van der Waals surface area contributed by atoms with Crippen molar-refractivity contribution in [1.82, 2.24) is 15.3 Å². The predicted octanol–water partition coefficient (Wildman–Crippen LogP) is 4.58. The molecule has 0 radical (unpaired) electrons. The van der Waals surface area contributed by atoms with Crippen LogP contribution in [0.1, 0.15) is 65.5 Å². The Morgan fingerprint density at radius 1 is 1.28 bits per heavy atom. The van der Waals surface area contributed by atoms with Gasteiger partial charge >= 0.3 is 0 Å². The molecule has 1 saturated carbocycles. The molecule has 1 aromatic heterocycles. The number of rotatable bonds is 6. The molecule has 0 spiro atoms. The van der Waals surface area contributed by atoms with Crippen molar-refractivity contribution in [1.29, 1.82) is 0 Å². The van der Waals surface area contributed by atoms with Crippen molar-refractivity contribution < 1.29 is 14.7 Å². The second-order valence-electron chi connectivity index (χ2n) is 10.4. The zero-order chi connectivity index (χ0) is 23.1. The maximum Gasteiger partial charge on any atom is 0.232 e. The summed E-state index contributed by atoms with van der Waals surface area (Å²) in [5, 5.41) is 14.2. The Kier molecular flexibility index (Phi) is 5.91. The summed E-state index contributed by atoms with van der Waals surface area (Å²) in [6, 6.07) is 0. The lowest BCUT2D eigenvalue weighted by molar-refractivity contribution is -0.132. The van der Waals surface area contributed by atoms with Gasteiger partial charge in [0.25, 0.3) is 0 Å². The molecule has 0 bridgehead atoms. The second kappa shape index (κ2) is 8.38. The number of Topliss-reactive ketones (excluding diaryl/α,β-unsaturated/α-hetero) is 1. The van der Waals surface area contributed by atoms with E-state index in [-0.39, 0.29) is 22.2 Å². The molecule has 6 nitrogen and oxygen atoms in total. The molecule has 3 N–H and O–H groups in total. The zero-order valence-electron chi connectivity index (χ0n) is 19.6.